The van der Waals surface area contributed by atoms with E-state index in [4.69, 9.17) is 28.3 Å². The number of carbonyl (C=O) groups is 5. The van der Waals surface area contributed by atoms with Gasteiger partial charge in [0.1, 0.15) is 11.6 Å². The van der Waals surface area contributed by atoms with Crippen molar-refractivity contribution < 1.29 is 38.6 Å². The number of hydrogen-bond donors (Lipinski definition) is 2. The van der Waals surface area contributed by atoms with E-state index in [2.05, 4.69) is 0 Å². The summed E-state index contributed by atoms with van der Waals surface area (Å²) in [6, 6.07) is 9.64. The van der Waals surface area contributed by atoms with E-state index in [9.17, 15) is 33.5 Å². The van der Waals surface area contributed by atoms with Crippen LogP contribution in [0.5, 0.6) is 5.75 Å². The van der Waals surface area contributed by atoms with Crippen molar-refractivity contribution in [1.82, 2.24) is 4.90 Å². The van der Waals surface area contributed by atoms with Crippen LogP contribution in [0.25, 0.3) is 0 Å². The Balaban J connectivity index is 1.50. The molecule has 0 radical (unpaired) electrons. The highest BCUT2D eigenvalue weighted by atomic mass is 35.5. The van der Waals surface area contributed by atoms with Crippen LogP contribution in [0, 0.1) is 30.5 Å². The molecule has 2 aliphatic heterocycles. The number of aryl methyl sites for hydroxylation is 1. The SMILES string of the molecule is Cc1cccc([C@H]2C3=CC[C@@H]4C(=O)N(CCCC(=O)O)C(=O)[C@@H]4[C@@H]3C[C@@]3(Cl)C(=O)N(c4ccc(F)cc4)C(=O)[C@@]23Cl)c1O. The molecule has 6 atom stereocenters. The molecule has 43 heavy (non-hydrogen) atoms. The van der Waals surface area contributed by atoms with E-state index in [0.29, 0.717) is 11.1 Å². The molecule has 2 aromatic rings. The standard InChI is InChI=1S/C31H27Cl2FN2O7/c1-15-4-2-5-20(25(15)39)24-18-11-12-19-23(27(41)35(26(19)40)13-3-6-22(37)38)21(18)14-30(32)28(42)36(29(43)31(24,30)33)17-9-7-16(34)8-10-17/h2,4-5,7-11,19,21,23-24,39H,3,6,12-14H2,1H3,(H,37,38)/t19-,21+,23-,24+,30+,31-/m0/s1. The molecule has 3 fully saturated rings. The summed E-state index contributed by atoms with van der Waals surface area (Å²) in [5, 5.41) is 20.3. The summed E-state index contributed by atoms with van der Waals surface area (Å²) in [4.78, 5) is 64.3. The zero-order valence-corrected chi connectivity index (χ0v) is 24.4. The van der Waals surface area contributed by atoms with E-state index >= 15 is 0 Å². The highest BCUT2D eigenvalue weighted by Crippen LogP contribution is 2.66. The van der Waals surface area contributed by atoms with Gasteiger partial charge in [0.25, 0.3) is 11.8 Å². The number of hydrogen-bond acceptors (Lipinski definition) is 6. The fourth-order valence-electron chi connectivity index (χ4n) is 7.33. The van der Waals surface area contributed by atoms with Gasteiger partial charge < -0.3 is 10.2 Å². The molecule has 4 aliphatic rings. The van der Waals surface area contributed by atoms with Crippen LogP contribution < -0.4 is 4.90 Å². The Hall–Kier alpha value is -3.76. The summed E-state index contributed by atoms with van der Waals surface area (Å²) < 4.78 is 13.8. The first kappa shape index (κ1) is 29.3. The first-order valence-electron chi connectivity index (χ1n) is 13.9. The summed E-state index contributed by atoms with van der Waals surface area (Å²) in [7, 11) is 0. The first-order valence-corrected chi connectivity index (χ1v) is 14.7. The van der Waals surface area contributed by atoms with Gasteiger partial charge in [-0.1, -0.05) is 29.8 Å². The van der Waals surface area contributed by atoms with Gasteiger partial charge in [-0.15, -0.1) is 23.2 Å². The van der Waals surface area contributed by atoms with Gasteiger partial charge in [-0.2, -0.15) is 0 Å². The number of fused-ring (bicyclic) bond motifs is 4. The van der Waals surface area contributed by atoms with Crippen molar-refractivity contribution in [3.05, 3.63) is 71.1 Å². The third kappa shape index (κ3) is 4.06. The number of allylic oxidation sites excluding steroid dienone is 2. The smallest absolute Gasteiger partial charge is 0.303 e. The van der Waals surface area contributed by atoms with Crippen LogP contribution >= 0.6 is 23.2 Å². The van der Waals surface area contributed by atoms with Crippen molar-refractivity contribution in [2.75, 3.05) is 11.4 Å². The summed E-state index contributed by atoms with van der Waals surface area (Å²) in [5.74, 6) is -8.05. The summed E-state index contributed by atoms with van der Waals surface area (Å²) in [5.41, 5.74) is 1.30. The lowest BCUT2D eigenvalue weighted by Crippen LogP contribution is -2.60. The van der Waals surface area contributed by atoms with Crippen molar-refractivity contribution in [2.45, 2.75) is 48.3 Å². The Morgan fingerprint density at radius 2 is 1.72 bits per heavy atom. The number of halogens is 3. The summed E-state index contributed by atoms with van der Waals surface area (Å²) in [6.07, 6.45) is 1.51. The molecule has 2 heterocycles. The average Bonchev–Trinajstić information content (AvgIpc) is 3.29. The number of alkyl halides is 2. The number of likely N-dealkylation sites (tertiary alicyclic amines) is 1. The van der Waals surface area contributed by atoms with Gasteiger partial charge in [-0.3, -0.25) is 28.9 Å². The number of anilines is 1. The zero-order chi connectivity index (χ0) is 31.0. The molecule has 6 rings (SSSR count). The molecular weight excluding hydrogens is 602 g/mol. The van der Waals surface area contributed by atoms with Gasteiger partial charge in [0.2, 0.25) is 11.8 Å². The molecule has 0 bridgehead atoms. The number of imide groups is 2. The number of carboxylic acid groups (broad SMARTS) is 1. The lowest BCUT2D eigenvalue weighted by Gasteiger charge is -2.50. The molecule has 12 heteroatoms. The van der Waals surface area contributed by atoms with Gasteiger partial charge in [-0.05, 0) is 61.9 Å². The van der Waals surface area contributed by atoms with Crippen LogP contribution in [0.15, 0.2) is 54.1 Å². The number of carboxylic acids is 1. The summed E-state index contributed by atoms with van der Waals surface area (Å²) >= 11 is 14.5. The predicted octanol–water partition coefficient (Wildman–Crippen LogP) is 4.27. The molecule has 2 N–H and O–H groups in total. The van der Waals surface area contributed by atoms with E-state index in [1.807, 2.05) is 0 Å². The minimum absolute atomic E-state index is 0.0598. The van der Waals surface area contributed by atoms with Crippen LogP contribution in [0.2, 0.25) is 0 Å². The Kier molecular flexibility index (Phi) is 6.93. The third-order valence-corrected chi connectivity index (χ3v) is 10.8. The minimum Gasteiger partial charge on any atom is -0.507 e. The highest BCUT2D eigenvalue weighted by molar-refractivity contribution is 6.58. The molecule has 2 aliphatic carbocycles. The van der Waals surface area contributed by atoms with Crippen molar-refractivity contribution in [2.24, 2.45) is 17.8 Å². The highest BCUT2D eigenvalue weighted by Gasteiger charge is 2.76. The number of benzene rings is 2. The number of amides is 4. The van der Waals surface area contributed by atoms with Crippen molar-refractivity contribution in [3.8, 4) is 5.75 Å². The second-order valence-electron chi connectivity index (χ2n) is 11.6. The number of aromatic hydroxyl groups is 1. The number of nitrogens with zero attached hydrogens (tertiary/aromatic N) is 2. The van der Waals surface area contributed by atoms with Gasteiger partial charge in [-0.25, -0.2) is 9.29 Å². The van der Waals surface area contributed by atoms with Crippen LogP contribution in [0.3, 0.4) is 0 Å². The Labute approximate surface area is 255 Å². The maximum Gasteiger partial charge on any atom is 0.303 e. The Morgan fingerprint density at radius 1 is 1.02 bits per heavy atom. The lowest BCUT2D eigenvalue weighted by molar-refractivity contribution is -0.142. The fourth-order valence-corrected chi connectivity index (χ4v) is 8.26. The number of phenols is 1. The average molecular weight is 629 g/mol. The number of aliphatic carboxylic acids is 1. The maximum atomic E-state index is 14.3. The Bertz CT molecular complexity index is 1630. The molecule has 0 spiro atoms. The van der Waals surface area contributed by atoms with Crippen LogP contribution in [0.1, 0.15) is 42.7 Å². The molecule has 0 aromatic heterocycles. The van der Waals surface area contributed by atoms with Crippen LogP contribution in [-0.4, -0.2) is 61.0 Å². The fraction of sp³-hybridized carbons (Fsp3) is 0.387. The molecule has 9 nitrogen and oxygen atoms in total. The second-order valence-corrected chi connectivity index (χ2v) is 12.8. The maximum absolute atomic E-state index is 14.3. The van der Waals surface area contributed by atoms with Crippen molar-refractivity contribution in [3.63, 3.8) is 0 Å². The summed E-state index contributed by atoms with van der Waals surface area (Å²) in [6.45, 7) is 1.60. The molecule has 0 unspecified atom stereocenters. The molecule has 1 saturated carbocycles. The van der Waals surface area contributed by atoms with E-state index in [-0.39, 0.29) is 49.2 Å². The van der Waals surface area contributed by atoms with E-state index in [0.717, 1.165) is 21.9 Å². The minimum atomic E-state index is -2.15. The normalized spacial score (nSPS) is 31.6. The predicted molar refractivity (Wildman–Crippen MR) is 153 cm³/mol. The Morgan fingerprint density at radius 3 is 2.40 bits per heavy atom. The second kappa shape index (κ2) is 10.2. The molecule has 4 amide bonds. The molecule has 2 aromatic carbocycles. The first-order chi connectivity index (χ1) is 20.3. The quantitative estimate of drug-likeness (QED) is 0.277. The number of carbonyl (C=O) groups excluding carboxylic acids is 4. The monoisotopic (exact) mass is 628 g/mol. The van der Waals surface area contributed by atoms with Gasteiger partial charge in [0.05, 0.1) is 17.5 Å². The third-order valence-electron chi connectivity index (χ3n) is 9.34. The van der Waals surface area contributed by atoms with Gasteiger partial charge in [0, 0.05) is 24.4 Å². The van der Waals surface area contributed by atoms with E-state index in [1.54, 1.807) is 31.2 Å². The van der Waals surface area contributed by atoms with Crippen LogP contribution in [0.4, 0.5) is 10.1 Å². The van der Waals surface area contributed by atoms with Gasteiger partial charge >= 0.3 is 5.97 Å². The number of rotatable bonds is 6. The molecule has 224 valence electrons. The zero-order valence-electron chi connectivity index (χ0n) is 22.9. The van der Waals surface area contributed by atoms with Gasteiger partial charge in [0.15, 0.2) is 9.75 Å². The molecule has 2 saturated heterocycles. The lowest BCUT2D eigenvalue weighted by atomic mass is 9.56. The van der Waals surface area contributed by atoms with Crippen molar-refractivity contribution >= 4 is 58.5 Å². The van der Waals surface area contributed by atoms with Crippen LogP contribution in [-0.2, 0) is 24.0 Å². The van der Waals surface area contributed by atoms with E-state index in [1.165, 1.54) is 12.1 Å². The van der Waals surface area contributed by atoms with Crippen molar-refractivity contribution in [1.29, 1.82) is 0 Å². The van der Waals surface area contributed by atoms with E-state index < -0.39 is 68.8 Å². The topological polar surface area (TPSA) is 132 Å². The number of phenolic OH excluding ortho intramolecular Hbond substituents is 1. The number of para-hydroxylation sites is 1. The largest absolute Gasteiger partial charge is 0.507 e. The molecular formula is C31H27Cl2FN2O7.